The lowest BCUT2D eigenvalue weighted by atomic mass is 10.0. The molecule has 1 aliphatic rings. The Kier molecular flexibility index (Phi) is 6.82. The Morgan fingerprint density at radius 2 is 1.96 bits per heavy atom. The van der Waals surface area contributed by atoms with E-state index < -0.39 is 0 Å². The minimum atomic E-state index is -0.355. The van der Waals surface area contributed by atoms with Gasteiger partial charge in [0.2, 0.25) is 5.91 Å². The number of hydrogen-bond donors (Lipinski definition) is 2. The molecule has 0 unspecified atom stereocenters. The third kappa shape index (κ3) is 4.72. The first-order valence-electron chi connectivity index (χ1n) is 8.99. The van der Waals surface area contributed by atoms with Crippen LogP contribution in [0.25, 0.3) is 0 Å². The highest BCUT2D eigenvalue weighted by Crippen LogP contribution is 2.20. The highest BCUT2D eigenvalue weighted by Gasteiger charge is 2.33. The molecular formula is C19H30N4O2. The van der Waals surface area contributed by atoms with Crippen molar-refractivity contribution in [2.75, 3.05) is 34.2 Å². The predicted molar refractivity (Wildman–Crippen MR) is 99.4 cm³/mol. The van der Waals surface area contributed by atoms with E-state index in [4.69, 9.17) is 0 Å². The van der Waals surface area contributed by atoms with Gasteiger partial charge < -0.3 is 20.4 Å². The van der Waals surface area contributed by atoms with Crippen LogP contribution in [0, 0.1) is 0 Å². The van der Waals surface area contributed by atoms with Gasteiger partial charge in [0, 0.05) is 20.1 Å². The smallest absolute Gasteiger partial charge is 0.318 e. The van der Waals surface area contributed by atoms with E-state index in [0.717, 1.165) is 19.3 Å². The van der Waals surface area contributed by atoms with Crippen LogP contribution in [-0.4, -0.2) is 62.0 Å². The minimum Gasteiger partial charge on any atom is -0.357 e. The van der Waals surface area contributed by atoms with E-state index in [2.05, 4.69) is 46.7 Å². The van der Waals surface area contributed by atoms with Crippen molar-refractivity contribution in [2.45, 2.75) is 38.3 Å². The molecule has 6 heteroatoms. The van der Waals surface area contributed by atoms with Crippen molar-refractivity contribution in [3.05, 3.63) is 35.4 Å². The zero-order chi connectivity index (χ0) is 18.4. The lowest BCUT2D eigenvalue weighted by Gasteiger charge is -2.28. The largest absolute Gasteiger partial charge is 0.357 e. The number of likely N-dealkylation sites (N-methyl/N-ethyl adjacent to an activating group) is 2. The van der Waals surface area contributed by atoms with Crippen LogP contribution in [-0.2, 0) is 11.2 Å². The molecule has 0 spiro atoms. The first-order valence-corrected chi connectivity index (χ1v) is 8.99. The number of nitrogens with one attached hydrogen (secondary N) is 2. The molecule has 1 aromatic carbocycles. The number of likely N-dealkylation sites (tertiary alicyclic amines) is 1. The first-order chi connectivity index (χ1) is 12.0. The Morgan fingerprint density at radius 3 is 2.52 bits per heavy atom. The molecule has 138 valence electrons. The Hall–Kier alpha value is -2.08. The second kappa shape index (κ2) is 8.85. The predicted octanol–water partition coefficient (Wildman–Crippen LogP) is 1.77. The highest BCUT2D eigenvalue weighted by molar-refractivity contribution is 5.87. The normalized spacial score (nSPS) is 18.3. The minimum absolute atomic E-state index is 0.0908. The molecule has 0 aromatic heterocycles. The molecule has 1 aliphatic heterocycles. The molecule has 25 heavy (non-hydrogen) atoms. The fraction of sp³-hybridized carbons (Fsp3) is 0.579. The van der Waals surface area contributed by atoms with Crippen LogP contribution in [0.4, 0.5) is 4.79 Å². The molecule has 6 nitrogen and oxygen atoms in total. The summed E-state index contributed by atoms with van der Waals surface area (Å²) in [6.07, 6.45) is 2.60. The molecule has 1 aromatic rings. The Labute approximate surface area is 150 Å². The van der Waals surface area contributed by atoms with Gasteiger partial charge in [0.1, 0.15) is 6.04 Å². The molecule has 0 radical (unpaired) electrons. The van der Waals surface area contributed by atoms with Crippen LogP contribution in [0.1, 0.15) is 36.9 Å². The van der Waals surface area contributed by atoms with Crippen molar-refractivity contribution >= 4 is 11.9 Å². The Morgan fingerprint density at radius 1 is 1.28 bits per heavy atom. The molecule has 2 atom stereocenters. The third-order valence-corrected chi connectivity index (χ3v) is 4.91. The standard InChI is InChI=1S/C19H30N4O2/c1-5-14-8-10-15(11-9-14)17(22(3)4)13-21-19(25)23-12-6-7-16(23)18(24)20-2/h8-11,16-17H,5-7,12-13H2,1-4H3,(H,20,24)(H,21,25)/t16-,17+/m0/s1. The van der Waals surface area contributed by atoms with Gasteiger partial charge in [-0.05, 0) is 44.5 Å². The average Bonchev–Trinajstić information content (AvgIpc) is 3.11. The second-order valence-corrected chi connectivity index (χ2v) is 6.73. The number of aryl methyl sites for hydroxylation is 1. The van der Waals surface area contributed by atoms with Gasteiger partial charge in [-0.1, -0.05) is 31.2 Å². The van der Waals surface area contributed by atoms with E-state index in [1.807, 2.05) is 14.1 Å². The monoisotopic (exact) mass is 346 g/mol. The fourth-order valence-corrected chi connectivity index (χ4v) is 3.31. The number of amides is 3. The van der Waals surface area contributed by atoms with Crippen LogP contribution < -0.4 is 10.6 Å². The number of carbonyl (C=O) groups is 2. The maximum Gasteiger partial charge on any atom is 0.318 e. The number of rotatable bonds is 6. The van der Waals surface area contributed by atoms with Crippen molar-refractivity contribution in [1.29, 1.82) is 0 Å². The molecule has 1 saturated heterocycles. The van der Waals surface area contributed by atoms with Crippen LogP contribution in [0.15, 0.2) is 24.3 Å². The molecule has 2 N–H and O–H groups in total. The average molecular weight is 346 g/mol. The maximum atomic E-state index is 12.6. The van der Waals surface area contributed by atoms with Gasteiger partial charge in [-0.25, -0.2) is 4.79 Å². The van der Waals surface area contributed by atoms with Gasteiger partial charge in [0.15, 0.2) is 0 Å². The van der Waals surface area contributed by atoms with Crippen LogP contribution in [0.5, 0.6) is 0 Å². The molecule has 1 heterocycles. The van der Waals surface area contributed by atoms with Gasteiger partial charge >= 0.3 is 6.03 Å². The summed E-state index contributed by atoms with van der Waals surface area (Å²) < 4.78 is 0. The SMILES string of the molecule is CCc1ccc([C@@H](CNC(=O)N2CCC[C@H]2C(=O)NC)N(C)C)cc1. The maximum absolute atomic E-state index is 12.6. The van der Waals surface area contributed by atoms with Gasteiger partial charge in [-0.15, -0.1) is 0 Å². The number of nitrogens with zero attached hydrogens (tertiary/aromatic N) is 2. The van der Waals surface area contributed by atoms with E-state index in [1.54, 1.807) is 11.9 Å². The Balaban J connectivity index is 2.00. The summed E-state index contributed by atoms with van der Waals surface area (Å²) in [6, 6.07) is 8.09. The number of carbonyl (C=O) groups excluding carboxylic acids is 2. The van der Waals surface area contributed by atoms with E-state index in [-0.39, 0.29) is 24.0 Å². The zero-order valence-corrected chi connectivity index (χ0v) is 15.7. The van der Waals surface area contributed by atoms with Crippen LogP contribution >= 0.6 is 0 Å². The Bertz CT molecular complexity index is 586. The fourth-order valence-electron chi connectivity index (χ4n) is 3.31. The summed E-state index contributed by atoms with van der Waals surface area (Å²) in [4.78, 5) is 28.2. The van der Waals surface area contributed by atoms with Gasteiger partial charge in [0.25, 0.3) is 0 Å². The molecule has 0 aliphatic carbocycles. The lowest BCUT2D eigenvalue weighted by Crippen LogP contribution is -2.50. The van der Waals surface area contributed by atoms with Crippen LogP contribution in [0.3, 0.4) is 0 Å². The summed E-state index contributed by atoms with van der Waals surface area (Å²) in [7, 11) is 5.63. The summed E-state index contributed by atoms with van der Waals surface area (Å²) in [5, 5.41) is 5.65. The first kappa shape index (κ1) is 19.2. The summed E-state index contributed by atoms with van der Waals surface area (Å²) in [5.41, 5.74) is 2.47. The molecule has 3 amide bonds. The second-order valence-electron chi connectivity index (χ2n) is 6.73. The summed E-state index contributed by atoms with van der Waals surface area (Å²) >= 11 is 0. The third-order valence-electron chi connectivity index (χ3n) is 4.91. The van der Waals surface area contributed by atoms with E-state index in [1.165, 1.54) is 11.1 Å². The molecule has 0 bridgehead atoms. The van der Waals surface area contributed by atoms with Gasteiger partial charge in [-0.2, -0.15) is 0 Å². The van der Waals surface area contributed by atoms with Crippen molar-refractivity contribution < 1.29 is 9.59 Å². The summed E-state index contributed by atoms with van der Waals surface area (Å²) in [6.45, 7) is 3.27. The van der Waals surface area contributed by atoms with Crippen molar-refractivity contribution in [3.8, 4) is 0 Å². The molecule has 0 saturated carbocycles. The van der Waals surface area contributed by atoms with E-state index in [9.17, 15) is 9.59 Å². The van der Waals surface area contributed by atoms with Crippen LogP contribution in [0.2, 0.25) is 0 Å². The molecular weight excluding hydrogens is 316 g/mol. The molecule has 1 fully saturated rings. The molecule has 2 rings (SSSR count). The topological polar surface area (TPSA) is 64.7 Å². The number of hydrogen-bond acceptors (Lipinski definition) is 3. The highest BCUT2D eigenvalue weighted by atomic mass is 16.2. The van der Waals surface area contributed by atoms with E-state index in [0.29, 0.717) is 13.1 Å². The number of benzene rings is 1. The van der Waals surface area contributed by atoms with Gasteiger partial charge in [-0.3, -0.25) is 4.79 Å². The van der Waals surface area contributed by atoms with Crippen molar-refractivity contribution in [1.82, 2.24) is 20.4 Å². The number of urea groups is 1. The quantitative estimate of drug-likeness (QED) is 0.825. The summed E-state index contributed by atoms with van der Waals surface area (Å²) in [5.74, 6) is -0.0908. The van der Waals surface area contributed by atoms with Crippen molar-refractivity contribution in [3.63, 3.8) is 0 Å². The zero-order valence-electron chi connectivity index (χ0n) is 15.7. The van der Waals surface area contributed by atoms with E-state index >= 15 is 0 Å². The van der Waals surface area contributed by atoms with Crippen molar-refractivity contribution in [2.24, 2.45) is 0 Å². The van der Waals surface area contributed by atoms with Gasteiger partial charge in [0.05, 0.1) is 6.04 Å². The lowest BCUT2D eigenvalue weighted by molar-refractivity contribution is -0.124.